The number of benzene rings is 1. The van der Waals surface area contributed by atoms with Crippen molar-refractivity contribution < 1.29 is 27.9 Å². The zero-order chi connectivity index (χ0) is 19.9. The first-order chi connectivity index (χ1) is 12.8. The van der Waals surface area contributed by atoms with Crippen molar-refractivity contribution in [3.8, 4) is 0 Å². The second-order valence-corrected chi connectivity index (χ2v) is 5.50. The van der Waals surface area contributed by atoms with Crippen LogP contribution in [0.1, 0.15) is 28.0 Å². The van der Waals surface area contributed by atoms with Gasteiger partial charge in [-0.15, -0.1) is 0 Å². The van der Waals surface area contributed by atoms with Crippen molar-refractivity contribution in [1.29, 1.82) is 0 Å². The summed E-state index contributed by atoms with van der Waals surface area (Å²) in [4.78, 5) is 30.0. The molecule has 3 N–H and O–H groups in total. The van der Waals surface area contributed by atoms with Crippen molar-refractivity contribution in [3.63, 3.8) is 0 Å². The number of hydrogen-bond donors (Lipinski definition) is 3. The molecule has 1 amide bonds. The highest BCUT2D eigenvalue weighted by molar-refractivity contribution is 5.89. The zero-order valence-corrected chi connectivity index (χ0v) is 14.1. The predicted octanol–water partition coefficient (Wildman–Crippen LogP) is 2.35. The number of carbonyl (C=O) groups excluding carboxylic acids is 1. The maximum atomic E-state index is 12.6. The lowest BCUT2D eigenvalue weighted by atomic mass is 10.0. The number of anilines is 1. The second kappa shape index (κ2) is 8.97. The fourth-order valence-corrected chi connectivity index (χ4v) is 2.26. The predicted molar refractivity (Wildman–Crippen MR) is 90.3 cm³/mol. The molecule has 0 radical (unpaired) electrons. The molecule has 144 valence electrons. The number of nitrogens with one attached hydrogen (secondary N) is 2. The molecular formula is C17H17F3N4O3. The van der Waals surface area contributed by atoms with Crippen LogP contribution in [-0.4, -0.2) is 40.0 Å². The van der Waals surface area contributed by atoms with Crippen molar-refractivity contribution in [2.24, 2.45) is 0 Å². The van der Waals surface area contributed by atoms with E-state index in [1.165, 1.54) is 6.07 Å². The van der Waals surface area contributed by atoms with Crippen LogP contribution in [0.4, 0.5) is 19.1 Å². The second-order valence-electron chi connectivity index (χ2n) is 5.50. The minimum absolute atomic E-state index is 0.0877. The number of aromatic nitrogens is 2. The van der Waals surface area contributed by atoms with Crippen LogP contribution in [0.3, 0.4) is 0 Å². The summed E-state index contributed by atoms with van der Waals surface area (Å²) < 4.78 is 37.7. The minimum atomic E-state index is -4.56. The van der Waals surface area contributed by atoms with Gasteiger partial charge in [-0.3, -0.25) is 4.79 Å². The SMILES string of the molecule is O=C(CCc1ccccc1C(=O)O)NCCNc1nccc(C(F)(F)F)n1. The van der Waals surface area contributed by atoms with E-state index in [1.807, 2.05) is 0 Å². The Kier molecular flexibility index (Phi) is 6.69. The van der Waals surface area contributed by atoms with Crippen LogP contribution >= 0.6 is 0 Å². The van der Waals surface area contributed by atoms with E-state index in [4.69, 9.17) is 5.11 Å². The van der Waals surface area contributed by atoms with Gasteiger partial charge < -0.3 is 15.7 Å². The van der Waals surface area contributed by atoms with Crippen LogP contribution in [0.5, 0.6) is 0 Å². The molecule has 0 aliphatic heterocycles. The van der Waals surface area contributed by atoms with Crippen molar-refractivity contribution in [2.45, 2.75) is 19.0 Å². The van der Waals surface area contributed by atoms with E-state index in [0.717, 1.165) is 12.3 Å². The first-order valence-corrected chi connectivity index (χ1v) is 7.99. The number of aryl methyl sites for hydroxylation is 1. The number of nitrogens with zero attached hydrogens (tertiary/aromatic N) is 2. The van der Waals surface area contributed by atoms with Gasteiger partial charge in [0.25, 0.3) is 0 Å². The van der Waals surface area contributed by atoms with Crippen LogP contribution in [0.2, 0.25) is 0 Å². The number of halogens is 3. The number of alkyl halides is 3. The Balaban J connectivity index is 1.75. The van der Waals surface area contributed by atoms with E-state index < -0.39 is 17.8 Å². The quantitative estimate of drug-likeness (QED) is 0.606. The molecule has 1 aromatic heterocycles. The standard InChI is InChI=1S/C17H17F3N4O3/c18-17(19,20)13-7-8-22-16(24-13)23-10-9-21-14(25)6-5-11-3-1-2-4-12(11)15(26)27/h1-4,7-8H,5-6,9-10H2,(H,21,25)(H,26,27)(H,22,23,24). The monoisotopic (exact) mass is 382 g/mol. The molecule has 0 saturated carbocycles. The molecule has 0 bridgehead atoms. The summed E-state index contributed by atoms with van der Waals surface area (Å²) >= 11 is 0. The highest BCUT2D eigenvalue weighted by atomic mass is 19.4. The third-order valence-electron chi connectivity index (χ3n) is 3.55. The van der Waals surface area contributed by atoms with Crippen LogP contribution in [-0.2, 0) is 17.4 Å². The summed E-state index contributed by atoms with van der Waals surface area (Å²) in [5, 5.41) is 14.3. The lowest BCUT2D eigenvalue weighted by Crippen LogP contribution is -2.29. The summed E-state index contributed by atoms with van der Waals surface area (Å²) in [5.74, 6) is -1.55. The molecule has 0 unspecified atom stereocenters. The molecule has 0 aliphatic carbocycles. The Hall–Kier alpha value is -3.17. The van der Waals surface area contributed by atoms with Crippen molar-refractivity contribution in [3.05, 3.63) is 53.3 Å². The molecule has 2 aromatic rings. The maximum absolute atomic E-state index is 12.6. The van der Waals surface area contributed by atoms with Gasteiger partial charge in [-0.25, -0.2) is 14.8 Å². The summed E-state index contributed by atoms with van der Waals surface area (Å²) in [6.45, 7) is 0.289. The maximum Gasteiger partial charge on any atom is 0.433 e. The fraction of sp³-hybridized carbons (Fsp3) is 0.294. The van der Waals surface area contributed by atoms with E-state index in [0.29, 0.717) is 5.56 Å². The Bertz CT molecular complexity index is 812. The van der Waals surface area contributed by atoms with Gasteiger partial charge in [0.05, 0.1) is 5.56 Å². The number of hydrogen-bond acceptors (Lipinski definition) is 5. The molecule has 27 heavy (non-hydrogen) atoms. The van der Waals surface area contributed by atoms with Gasteiger partial charge >= 0.3 is 12.1 Å². The van der Waals surface area contributed by atoms with Gasteiger partial charge in [0.2, 0.25) is 11.9 Å². The molecule has 0 saturated heterocycles. The molecule has 0 atom stereocenters. The molecule has 10 heteroatoms. The average Bonchev–Trinajstić information content (AvgIpc) is 2.63. The molecule has 1 aromatic carbocycles. The number of amides is 1. The highest BCUT2D eigenvalue weighted by Crippen LogP contribution is 2.27. The van der Waals surface area contributed by atoms with Crippen molar-refractivity contribution in [2.75, 3.05) is 18.4 Å². The average molecular weight is 382 g/mol. The Morgan fingerprint density at radius 2 is 1.85 bits per heavy atom. The smallest absolute Gasteiger partial charge is 0.433 e. The summed E-state index contributed by atoms with van der Waals surface area (Å²) in [5.41, 5.74) is -0.356. The first kappa shape index (κ1) is 20.1. The molecular weight excluding hydrogens is 365 g/mol. The number of carbonyl (C=O) groups is 2. The lowest BCUT2D eigenvalue weighted by Gasteiger charge is -2.09. The summed E-state index contributed by atoms with van der Waals surface area (Å²) in [6.07, 6.45) is -3.21. The van der Waals surface area contributed by atoms with Gasteiger partial charge in [-0.05, 0) is 24.1 Å². The normalized spacial score (nSPS) is 11.1. The molecule has 7 nitrogen and oxygen atoms in total. The Morgan fingerprint density at radius 1 is 1.11 bits per heavy atom. The van der Waals surface area contributed by atoms with Crippen LogP contribution < -0.4 is 10.6 Å². The molecule has 0 spiro atoms. The summed E-state index contributed by atoms with van der Waals surface area (Å²) in [7, 11) is 0. The largest absolute Gasteiger partial charge is 0.478 e. The van der Waals surface area contributed by atoms with Gasteiger partial charge in [0.15, 0.2) is 0 Å². The molecule has 2 rings (SSSR count). The lowest BCUT2D eigenvalue weighted by molar-refractivity contribution is -0.141. The van der Waals surface area contributed by atoms with Gasteiger partial charge in [-0.2, -0.15) is 13.2 Å². The molecule has 1 heterocycles. The van der Waals surface area contributed by atoms with Crippen LogP contribution in [0.15, 0.2) is 36.5 Å². The third-order valence-corrected chi connectivity index (χ3v) is 3.55. The number of rotatable bonds is 8. The molecule has 0 fully saturated rings. The molecule has 0 aliphatic rings. The Morgan fingerprint density at radius 3 is 2.56 bits per heavy atom. The topological polar surface area (TPSA) is 104 Å². The number of aromatic carboxylic acids is 1. The van der Waals surface area contributed by atoms with E-state index in [-0.39, 0.29) is 43.4 Å². The van der Waals surface area contributed by atoms with Gasteiger partial charge in [0, 0.05) is 25.7 Å². The van der Waals surface area contributed by atoms with Crippen molar-refractivity contribution in [1.82, 2.24) is 15.3 Å². The van der Waals surface area contributed by atoms with Crippen molar-refractivity contribution >= 4 is 17.8 Å². The number of carboxylic acids is 1. The zero-order valence-electron chi connectivity index (χ0n) is 14.1. The van der Waals surface area contributed by atoms with E-state index >= 15 is 0 Å². The van der Waals surface area contributed by atoms with Crippen LogP contribution in [0.25, 0.3) is 0 Å². The van der Waals surface area contributed by atoms with E-state index in [2.05, 4.69) is 20.6 Å². The third kappa shape index (κ3) is 6.24. The van der Waals surface area contributed by atoms with Gasteiger partial charge in [-0.1, -0.05) is 18.2 Å². The Labute approximate surface area is 152 Å². The fourth-order valence-electron chi connectivity index (χ4n) is 2.26. The van der Waals surface area contributed by atoms with Crippen LogP contribution in [0, 0.1) is 0 Å². The highest BCUT2D eigenvalue weighted by Gasteiger charge is 2.32. The van der Waals surface area contributed by atoms with Gasteiger partial charge in [0.1, 0.15) is 5.69 Å². The van der Waals surface area contributed by atoms with E-state index in [9.17, 15) is 22.8 Å². The minimum Gasteiger partial charge on any atom is -0.478 e. The number of carboxylic acid groups (broad SMARTS) is 1. The first-order valence-electron chi connectivity index (χ1n) is 7.99. The summed E-state index contributed by atoms with van der Waals surface area (Å²) in [6, 6.07) is 7.17. The van der Waals surface area contributed by atoms with E-state index in [1.54, 1.807) is 18.2 Å².